The van der Waals surface area contributed by atoms with Gasteiger partial charge in [-0.25, -0.2) is 23.2 Å². The SMILES string of the molecule is COC(=O)c1ccc(CCNC(=O)[C@H](CC(F)F)NC(=O)[C@@H]2[C@@H]3[C@H](CN2C(=O)[C@@H](NC(=O)N[C@H](C(=O)OCC2CC2)C(C)(C)C)C(C)(C)C)C3(C)C)cc1. The molecule has 3 aliphatic rings. The quantitative estimate of drug-likeness (QED) is 0.195. The first-order valence-corrected chi connectivity index (χ1v) is 18.6. The van der Waals surface area contributed by atoms with Crippen LogP contribution in [0.5, 0.6) is 0 Å². The maximum absolute atomic E-state index is 14.4. The molecular weight excluding hydrogens is 704 g/mol. The van der Waals surface area contributed by atoms with Gasteiger partial charge in [-0.05, 0) is 71.0 Å². The lowest BCUT2D eigenvalue weighted by molar-refractivity contribution is -0.149. The smallest absolute Gasteiger partial charge is 0.337 e. The molecule has 0 spiro atoms. The van der Waals surface area contributed by atoms with Crippen molar-refractivity contribution in [3.05, 3.63) is 35.4 Å². The Bertz CT molecular complexity index is 1570. The molecule has 5 amide bonds. The van der Waals surface area contributed by atoms with Gasteiger partial charge in [-0.15, -0.1) is 0 Å². The van der Waals surface area contributed by atoms with Gasteiger partial charge in [0, 0.05) is 19.5 Å². The second-order valence-electron chi connectivity index (χ2n) is 17.6. The van der Waals surface area contributed by atoms with E-state index < -0.39 is 83.5 Å². The minimum Gasteiger partial charge on any atom is -0.465 e. The average Bonchev–Trinajstić information content (AvgIpc) is 3.94. The van der Waals surface area contributed by atoms with Crippen LogP contribution in [0.3, 0.4) is 0 Å². The van der Waals surface area contributed by atoms with E-state index in [0.29, 0.717) is 17.9 Å². The fraction of sp³-hybridized carbons (Fsp3) is 0.692. The van der Waals surface area contributed by atoms with Crippen LogP contribution in [0.25, 0.3) is 0 Å². The van der Waals surface area contributed by atoms with Crippen molar-refractivity contribution < 1.29 is 47.0 Å². The van der Waals surface area contributed by atoms with Gasteiger partial charge in [0.05, 0.1) is 19.3 Å². The Morgan fingerprint density at radius 1 is 0.907 bits per heavy atom. The van der Waals surface area contributed by atoms with Crippen LogP contribution in [0, 0.1) is 34.0 Å². The zero-order valence-electron chi connectivity index (χ0n) is 32.8. The largest absolute Gasteiger partial charge is 0.465 e. The highest BCUT2D eigenvalue weighted by Gasteiger charge is 2.70. The zero-order valence-corrected chi connectivity index (χ0v) is 32.8. The highest BCUT2D eigenvalue weighted by Crippen LogP contribution is 2.65. The van der Waals surface area contributed by atoms with E-state index in [0.717, 1.165) is 18.4 Å². The minimum absolute atomic E-state index is 0.0638. The number of halogens is 2. The molecule has 1 heterocycles. The van der Waals surface area contributed by atoms with E-state index in [2.05, 4.69) is 21.3 Å². The Balaban J connectivity index is 1.45. The highest BCUT2D eigenvalue weighted by molar-refractivity contribution is 5.96. The molecule has 13 nitrogen and oxygen atoms in total. The lowest BCUT2D eigenvalue weighted by Gasteiger charge is -2.38. The molecule has 0 radical (unpaired) electrons. The van der Waals surface area contributed by atoms with Gasteiger partial charge >= 0.3 is 18.0 Å². The molecule has 0 aromatic heterocycles. The molecule has 54 heavy (non-hydrogen) atoms. The number of rotatable bonds is 15. The number of amides is 5. The molecule has 4 N–H and O–H groups in total. The van der Waals surface area contributed by atoms with Gasteiger partial charge in [-0.1, -0.05) is 67.5 Å². The van der Waals surface area contributed by atoms with Crippen LogP contribution in [0.4, 0.5) is 13.6 Å². The van der Waals surface area contributed by atoms with Crippen molar-refractivity contribution in [2.75, 3.05) is 26.8 Å². The number of alkyl halides is 2. The van der Waals surface area contributed by atoms with Gasteiger partial charge in [0.25, 0.3) is 0 Å². The first kappa shape index (κ1) is 42.4. The summed E-state index contributed by atoms with van der Waals surface area (Å²) in [6, 6.07) is 0.970. The van der Waals surface area contributed by atoms with E-state index in [1.165, 1.54) is 12.0 Å². The fourth-order valence-electron chi connectivity index (χ4n) is 7.17. The number of hydrogen-bond donors (Lipinski definition) is 4. The molecule has 2 aliphatic carbocycles. The first-order chi connectivity index (χ1) is 25.1. The molecule has 0 unspecified atom stereocenters. The van der Waals surface area contributed by atoms with E-state index in [1.807, 2.05) is 13.8 Å². The number of nitrogens with one attached hydrogen (secondary N) is 4. The van der Waals surface area contributed by atoms with Crippen molar-refractivity contribution in [1.82, 2.24) is 26.2 Å². The molecule has 1 aromatic carbocycles. The summed E-state index contributed by atoms with van der Waals surface area (Å²) in [6.07, 6.45) is -1.54. The number of benzene rings is 1. The van der Waals surface area contributed by atoms with Crippen LogP contribution < -0.4 is 21.3 Å². The number of esters is 2. The molecule has 1 aromatic rings. The molecule has 1 aliphatic heterocycles. The molecule has 2 saturated carbocycles. The van der Waals surface area contributed by atoms with Crippen LogP contribution in [0.1, 0.15) is 90.6 Å². The van der Waals surface area contributed by atoms with Gasteiger partial charge in [0.15, 0.2) is 0 Å². The Morgan fingerprint density at radius 3 is 2.04 bits per heavy atom. The van der Waals surface area contributed by atoms with Gasteiger partial charge in [-0.3, -0.25) is 14.4 Å². The number of piperidine rings is 1. The van der Waals surface area contributed by atoms with Gasteiger partial charge < -0.3 is 35.6 Å². The topological polar surface area (TPSA) is 172 Å². The van der Waals surface area contributed by atoms with Crippen molar-refractivity contribution in [3.63, 3.8) is 0 Å². The number of fused-ring (bicyclic) bond motifs is 1. The Kier molecular flexibility index (Phi) is 13.0. The summed E-state index contributed by atoms with van der Waals surface area (Å²) < 4.78 is 37.7. The molecule has 300 valence electrons. The number of ether oxygens (including phenoxy) is 2. The molecule has 15 heteroatoms. The molecular formula is C39H57F2N5O8. The van der Waals surface area contributed by atoms with E-state index in [4.69, 9.17) is 9.47 Å². The van der Waals surface area contributed by atoms with E-state index >= 15 is 0 Å². The number of carbonyl (C=O) groups excluding carboxylic acids is 6. The predicted molar refractivity (Wildman–Crippen MR) is 195 cm³/mol. The Labute approximate surface area is 316 Å². The number of carbonyl (C=O) groups is 6. The summed E-state index contributed by atoms with van der Waals surface area (Å²) in [5.74, 6) is -3.17. The molecule has 1 saturated heterocycles. The normalized spacial score (nSPS) is 21.9. The van der Waals surface area contributed by atoms with Crippen molar-refractivity contribution in [1.29, 1.82) is 0 Å². The maximum Gasteiger partial charge on any atom is 0.337 e. The third-order valence-corrected chi connectivity index (χ3v) is 10.8. The van der Waals surface area contributed by atoms with Gasteiger partial charge in [0.2, 0.25) is 24.1 Å². The number of urea groups is 1. The van der Waals surface area contributed by atoms with Crippen LogP contribution in [-0.2, 0) is 35.1 Å². The van der Waals surface area contributed by atoms with Crippen molar-refractivity contribution in [2.45, 2.75) is 112 Å². The fourth-order valence-corrected chi connectivity index (χ4v) is 7.17. The van der Waals surface area contributed by atoms with Gasteiger partial charge in [0.1, 0.15) is 24.2 Å². The van der Waals surface area contributed by atoms with Crippen LogP contribution in [0.15, 0.2) is 24.3 Å². The number of hydrogen-bond acceptors (Lipinski definition) is 8. The maximum atomic E-state index is 14.4. The van der Waals surface area contributed by atoms with Crippen molar-refractivity contribution >= 4 is 35.7 Å². The third kappa shape index (κ3) is 10.5. The summed E-state index contributed by atoms with van der Waals surface area (Å²) in [7, 11) is 1.27. The summed E-state index contributed by atoms with van der Waals surface area (Å²) in [4.78, 5) is 81.1. The monoisotopic (exact) mass is 761 g/mol. The summed E-state index contributed by atoms with van der Waals surface area (Å²) in [5.41, 5.74) is -0.751. The lowest BCUT2D eigenvalue weighted by atomic mass is 9.85. The lowest BCUT2D eigenvalue weighted by Crippen LogP contribution is -2.62. The zero-order chi connectivity index (χ0) is 40.3. The molecule has 4 rings (SSSR count). The minimum atomic E-state index is -2.91. The summed E-state index contributed by atoms with van der Waals surface area (Å²) in [6.45, 7) is 15.1. The number of methoxy groups -OCH3 is 1. The summed E-state index contributed by atoms with van der Waals surface area (Å²) in [5, 5.41) is 10.6. The van der Waals surface area contributed by atoms with Crippen molar-refractivity contribution in [2.24, 2.45) is 34.0 Å². The van der Waals surface area contributed by atoms with E-state index in [1.54, 1.807) is 65.8 Å². The molecule has 6 atom stereocenters. The van der Waals surface area contributed by atoms with Crippen LogP contribution in [0.2, 0.25) is 0 Å². The predicted octanol–water partition coefficient (Wildman–Crippen LogP) is 3.84. The Hall–Kier alpha value is -4.30. The van der Waals surface area contributed by atoms with E-state index in [-0.39, 0.29) is 36.9 Å². The van der Waals surface area contributed by atoms with Crippen LogP contribution in [-0.4, -0.2) is 98.0 Å². The molecule has 3 fully saturated rings. The van der Waals surface area contributed by atoms with Crippen LogP contribution >= 0.6 is 0 Å². The average molecular weight is 762 g/mol. The third-order valence-electron chi connectivity index (χ3n) is 10.8. The van der Waals surface area contributed by atoms with Crippen molar-refractivity contribution in [3.8, 4) is 0 Å². The number of likely N-dealkylation sites (tertiary alicyclic amines) is 1. The van der Waals surface area contributed by atoms with Gasteiger partial charge in [-0.2, -0.15) is 0 Å². The Morgan fingerprint density at radius 2 is 1.50 bits per heavy atom. The number of nitrogens with zero attached hydrogens (tertiary/aromatic N) is 1. The second kappa shape index (κ2) is 16.6. The second-order valence-corrected chi connectivity index (χ2v) is 17.6. The standard InChI is InChI=1S/C39H57F2N5O8/c1-37(2,3)29(44-36(52)45-30(38(4,5)6)35(51)54-20-22-10-11-22)33(49)46-19-24-27(39(24,7)8)28(46)32(48)43-25(18-26(40)41)31(47)42-17-16-21-12-14-23(15-13-21)34(50)53-9/h12-15,22,24-30H,10-11,16-20H2,1-9H3,(H,42,47)(H,43,48)(H2,44,45,52)/t24-,25-,27-,28-,29+,30+/m0/s1. The first-order valence-electron chi connectivity index (χ1n) is 18.6. The van der Waals surface area contributed by atoms with E-state index in [9.17, 15) is 37.5 Å². The molecule has 0 bridgehead atoms. The highest BCUT2D eigenvalue weighted by atomic mass is 19.3. The summed E-state index contributed by atoms with van der Waals surface area (Å²) >= 11 is 0.